The van der Waals surface area contributed by atoms with Crippen molar-refractivity contribution in [3.05, 3.63) is 0 Å². The van der Waals surface area contributed by atoms with Crippen molar-refractivity contribution in [1.29, 1.82) is 0 Å². The van der Waals surface area contributed by atoms with Gasteiger partial charge in [0.1, 0.15) is 18.2 Å². The predicted molar refractivity (Wildman–Crippen MR) is 103 cm³/mol. The Kier molecular flexibility index (Phi) is 9.06. The summed E-state index contributed by atoms with van der Waals surface area (Å²) in [5.74, 6) is -1.57. The third-order valence-corrected chi connectivity index (χ3v) is 4.71. The van der Waals surface area contributed by atoms with Crippen molar-refractivity contribution in [2.24, 2.45) is 5.92 Å². The topological polar surface area (TPSA) is 95.9 Å². The van der Waals surface area contributed by atoms with E-state index in [-0.39, 0.29) is 24.4 Å². The summed E-state index contributed by atoms with van der Waals surface area (Å²) >= 11 is 0. The van der Waals surface area contributed by atoms with Gasteiger partial charge in [0.2, 0.25) is 5.91 Å². The minimum Gasteiger partial charge on any atom is -0.480 e. The van der Waals surface area contributed by atoms with Crippen molar-refractivity contribution in [1.82, 2.24) is 10.2 Å². The highest BCUT2D eigenvalue weighted by Gasteiger charge is 2.34. The SMILES string of the molecule is CC(C)[C@H](NC(=O)OC(C)(C)C)C(=O)N(CC(=O)O)C1CCCCCCC1. The molecule has 0 aromatic heterocycles. The van der Waals surface area contributed by atoms with Crippen molar-refractivity contribution in [3.63, 3.8) is 0 Å². The van der Waals surface area contributed by atoms with E-state index < -0.39 is 23.7 Å². The van der Waals surface area contributed by atoms with E-state index in [1.807, 2.05) is 13.8 Å². The highest BCUT2D eigenvalue weighted by atomic mass is 16.6. The molecular weight excluding hydrogens is 348 g/mol. The van der Waals surface area contributed by atoms with Crippen LogP contribution in [0.3, 0.4) is 0 Å². The number of carbonyl (C=O) groups is 3. The molecule has 0 aliphatic heterocycles. The zero-order valence-electron chi connectivity index (χ0n) is 17.4. The number of carboxylic acid groups (broad SMARTS) is 1. The standard InChI is InChI=1S/C20H36N2O5/c1-14(2)17(21-19(26)27-20(3,4)5)18(25)22(13-16(23)24)15-11-9-7-6-8-10-12-15/h14-15,17H,6-13H2,1-5H3,(H,21,26)(H,23,24)/t17-/m0/s1. The van der Waals surface area contributed by atoms with Gasteiger partial charge in [0.25, 0.3) is 0 Å². The molecule has 0 radical (unpaired) electrons. The Hall–Kier alpha value is -1.79. The Bertz CT molecular complexity index is 505. The lowest BCUT2D eigenvalue weighted by Gasteiger charge is -2.36. The average molecular weight is 385 g/mol. The summed E-state index contributed by atoms with van der Waals surface area (Å²) in [4.78, 5) is 38.3. The van der Waals surface area contributed by atoms with Gasteiger partial charge in [-0.2, -0.15) is 0 Å². The molecule has 7 heteroatoms. The van der Waals surface area contributed by atoms with Crippen LogP contribution in [-0.2, 0) is 14.3 Å². The van der Waals surface area contributed by atoms with Gasteiger partial charge in [-0.05, 0) is 39.5 Å². The number of carboxylic acids is 1. The fourth-order valence-corrected chi connectivity index (χ4v) is 3.41. The molecule has 1 aliphatic carbocycles. The number of rotatable bonds is 6. The van der Waals surface area contributed by atoms with Crippen LogP contribution >= 0.6 is 0 Å². The molecule has 0 aromatic rings. The largest absolute Gasteiger partial charge is 0.480 e. The summed E-state index contributed by atoms with van der Waals surface area (Å²) in [6, 6.07) is -0.916. The first-order valence-corrected chi connectivity index (χ1v) is 10.0. The van der Waals surface area contributed by atoms with E-state index in [4.69, 9.17) is 4.74 Å². The van der Waals surface area contributed by atoms with Crippen LogP contribution in [-0.4, -0.2) is 52.2 Å². The summed E-state index contributed by atoms with van der Waals surface area (Å²) in [5, 5.41) is 12.0. The maximum Gasteiger partial charge on any atom is 0.408 e. The molecule has 156 valence electrons. The Labute approximate surface area is 162 Å². The van der Waals surface area contributed by atoms with Gasteiger partial charge >= 0.3 is 12.1 Å². The Morgan fingerprint density at radius 3 is 2.04 bits per heavy atom. The molecule has 1 rings (SSSR count). The molecule has 7 nitrogen and oxygen atoms in total. The second kappa shape index (κ2) is 10.5. The van der Waals surface area contributed by atoms with Crippen LogP contribution < -0.4 is 5.32 Å². The van der Waals surface area contributed by atoms with E-state index >= 15 is 0 Å². The van der Waals surface area contributed by atoms with Gasteiger partial charge in [0.15, 0.2) is 0 Å². The lowest BCUT2D eigenvalue weighted by atomic mass is 9.94. The lowest BCUT2D eigenvalue weighted by Crippen LogP contribution is -2.55. The molecule has 0 unspecified atom stereocenters. The first-order valence-electron chi connectivity index (χ1n) is 10.0. The van der Waals surface area contributed by atoms with E-state index in [1.54, 1.807) is 20.8 Å². The molecule has 0 saturated heterocycles. The number of alkyl carbamates (subject to hydrolysis) is 1. The number of carbonyl (C=O) groups excluding carboxylic acids is 2. The van der Waals surface area contributed by atoms with Gasteiger partial charge in [-0.25, -0.2) is 4.79 Å². The molecule has 1 aliphatic rings. The fraction of sp³-hybridized carbons (Fsp3) is 0.850. The molecule has 2 N–H and O–H groups in total. The number of aliphatic carboxylic acids is 1. The number of ether oxygens (including phenoxy) is 1. The van der Waals surface area contributed by atoms with Crippen molar-refractivity contribution in [3.8, 4) is 0 Å². The molecule has 27 heavy (non-hydrogen) atoms. The van der Waals surface area contributed by atoms with Crippen molar-refractivity contribution in [2.45, 2.75) is 97.2 Å². The molecule has 0 aromatic carbocycles. The smallest absolute Gasteiger partial charge is 0.408 e. The first-order chi connectivity index (χ1) is 12.5. The van der Waals surface area contributed by atoms with Gasteiger partial charge in [-0.1, -0.05) is 46.0 Å². The molecular formula is C20H36N2O5. The van der Waals surface area contributed by atoms with Gasteiger partial charge in [0, 0.05) is 6.04 Å². The summed E-state index contributed by atoms with van der Waals surface area (Å²) in [5.41, 5.74) is -0.672. The van der Waals surface area contributed by atoms with Crippen LogP contribution in [0.5, 0.6) is 0 Å². The minimum atomic E-state index is -1.04. The molecule has 1 fully saturated rings. The van der Waals surface area contributed by atoms with E-state index in [1.165, 1.54) is 11.3 Å². The monoisotopic (exact) mass is 384 g/mol. The number of hydrogen-bond donors (Lipinski definition) is 2. The van der Waals surface area contributed by atoms with Crippen LogP contribution in [0.4, 0.5) is 4.79 Å². The molecule has 0 heterocycles. The second-order valence-electron chi connectivity index (χ2n) is 8.73. The minimum absolute atomic E-state index is 0.101. The Morgan fingerprint density at radius 2 is 1.59 bits per heavy atom. The highest BCUT2D eigenvalue weighted by Crippen LogP contribution is 2.23. The molecule has 1 saturated carbocycles. The van der Waals surface area contributed by atoms with E-state index in [9.17, 15) is 19.5 Å². The van der Waals surface area contributed by atoms with Crippen molar-refractivity contribution >= 4 is 18.0 Å². The van der Waals surface area contributed by atoms with Gasteiger partial charge in [0.05, 0.1) is 0 Å². The Balaban J connectivity index is 2.96. The van der Waals surface area contributed by atoms with Gasteiger partial charge in [-0.3, -0.25) is 9.59 Å². The normalized spacial score (nSPS) is 17.6. The second-order valence-corrected chi connectivity index (χ2v) is 8.73. The van der Waals surface area contributed by atoms with Gasteiger partial charge < -0.3 is 20.1 Å². The van der Waals surface area contributed by atoms with Crippen LogP contribution in [0, 0.1) is 5.92 Å². The zero-order chi connectivity index (χ0) is 20.6. The number of amides is 2. The quantitative estimate of drug-likeness (QED) is 0.730. The predicted octanol–water partition coefficient (Wildman–Crippen LogP) is 3.56. The Morgan fingerprint density at radius 1 is 1.07 bits per heavy atom. The average Bonchev–Trinajstić information content (AvgIpc) is 2.47. The lowest BCUT2D eigenvalue weighted by molar-refractivity contribution is -0.148. The summed E-state index contributed by atoms with van der Waals surface area (Å²) in [6.07, 6.45) is 6.31. The van der Waals surface area contributed by atoms with Gasteiger partial charge in [-0.15, -0.1) is 0 Å². The molecule has 1 atom stereocenters. The van der Waals surface area contributed by atoms with Crippen molar-refractivity contribution in [2.75, 3.05) is 6.54 Å². The zero-order valence-corrected chi connectivity index (χ0v) is 17.4. The molecule has 0 spiro atoms. The summed E-state index contributed by atoms with van der Waals surface area (Å²) in [7, 11) is 0. The summed E-state index contributed by atoms with van der Waals surface area (Å²) < 4.78 is 5.27. The molecule has 0 bridgehead atoms. The third kappa shape index (κ3) is 8.63. The van der Waals surface area contributed by atoms with E-state index in [0.29, 0.717) is 0 Å². The summed E-state index contributed by atoms with van der Waals surface area (Å²) in [6.45, 7) is 8.58. The maximum atomic E-state index is 13.2. The highest BCUT2D eigenvalue weighted by molar-refractivity contribution is 5.88. The third-order valence-electron chi connectivity index (χ3n) is 4.71. The van der Waals surface area contributed by atoms with Crippen LogP contribution in [0.15, 0.2) is 0 Å². The number of hydrogen-bond acceptors (Lipinski definition) is 4. The maximum absolute atomic E-state index is 13.2. The van der Waals surface area contributed by atoms with Crippen molar-refractivity contribution < 1.29 is 24.2 Å². The molecule has 2 amide bonds. The van der Waals surface area contributed by atoms with E-state index in [2.05, 4.69) is 5.32 Å². The van der Waals surface area contributed by atoms with Crippen LogP contribution in [0.2, 0.25) is 0 Å². The van der Waals surface area contributed by atoms with E-state index in [0.717, 1.165) is 38.5 Å². The fourth-order valence-electron chi connectivity index (χ4n) is 3.41. The number of nitrogens with zero attached hydrogens (tertiary/aromatic N) is 1. The van der Waals surface area contributed by atoms with Crippen LogP contribution in [0.25, 0.3) is 0 Å². The van der Waals surface area contributed by atoms with Crippen LogP contribution in [0.1, 0.15) is 79.6 Å². The number of nitrogens with one attached hydrogen (secondary N) is 1. The first kappa shape index (κ1) is 23.2.